The molecule has 0 saturated heterocycles. The lowest BCUT2D eigenvalue weighted by atomic mass is 10.2. The molecule has 0 spiro atoms. The number of rotatable bonds is 6. The summed E-state index contributed by atoms with van der Waals surface area (Å²) in [5.41, 5.74) is 6.58. The minimum absolute atomic E-state index is 0.796. The van der Waals surface area contributed by atoms with Crippen LogP contribution in [0.4, 0.5) is 5.13 Å². The molecule has 0 bridgehead atoms. The molecule has 0 radical (unpaired) electrons. The first-order valence-electron chi connectivity index (χ1n) is 6.08. The summed E-state index contributed by atoms with van der Waals surface area (Å²) in [6.45, 7) is 1.85. The molecule has 1 heterocycles. The summed E-state index contributed by atoms with van der Waals surface area (Å²) < 4.78 is 1.26. The zero-order valence-electron chi connectivity index (χ0n) is 10.2. The molecule has 0 saturated carbocycles. The standard InChI is InChI=1S/C13H19N3S/c1-16(10-6-2-5-9-14)13-15-11-7-3-4-8-12(11)17-13/h3-4,7-8H,2,5-6,9-10,14H2,1H3. The van der Waals surface area contributed by atoms with Crippen LogP contribution in [0.3, 0.4) is 0 Å². The van der Waals surface area contributed by atoms with Gasteiger partial charge in [0.2, 0.25) is 0 Å². The molecule has 2 N–H and O–H groups in total. The molecule has 0 fully saturated rings. The quantitative estimate of drug-likeness (QED) is 0.800. The van der Waals surface area contributed by atoms with Crippen LogP contribution in [0.2, 0.25) is 0 Å². The van der Waals surface area contributed by atoms with Gasteiger partial charge in [0.15, 0.2) is 5.13 Å². The van der Waals surface area contributed by atoms with Crippen molar-refractivity contribution in [2.45, 2.75) is 19.3 Å². The largest absolute Gasteiger partial charge is 0.351 e. The van der Waals surface area contributed by atoms with E-state index in [1.54, 1.807) is 11.3 Å². The van der Waals surface area contributed by atoms with Crippen molar-refractivity contribution in [2.75, 3.05) is 25.0 Å². The van der Waals surface area contributed by atoms with Gasteiger partial charge in [-0.25, -0.2) is 4.98 Å². The number of unbranched alkanes of at least 4 members (excludes halogenated alkanes) is 2. The van der Waals surface area contributed by atoms with Crippen LogP contribution in [-0.4, -0.2) is 25.1 Å². The van der Waals surface area contributed by atoms with E-state index >= 15 is 0 Å². The molecule has 1 aromatic carbocycles. The number of nitrogens with two attached hydrogens (primary N) is 1. The molecule has 92 valence electrons. The number of hydrogen-bond acceptors (Lipinski definition) is 4. The summed E-state index contributed by atoms with van der Waals surface area (Å²) in [6, 6.07) is 8.29. The molecular formula is C13H19N3S. The molecule has 3 nitrogen and oxygen atoms in total. The normalized spacial score (nSPS) is 10.9. The lowest BCUT2D eigenvalue weighted by molar-refractivity contribution is 0.678. The first kappa shape index (κ1) is 12.3. The Bertz CT molecular complexity index is 433. The maximum atomic E-state index is 5.48. The van der Waals surface area contributed by atoms with Gasteiger partial charge in [-0.3, -0.25) is 0 Å². The highest BCUT2D eigenvalue weighted by molar-refractivity contribution is 7.22. The van der Waals surface area contributed by atoms with Gasteiger partial charge in [0.25, 0.3) is 0 Å². The van der Waals surface area contributed by atoms with Gasteiger partial charge in [-0.15, -0.1) is 0 Å². The van der Waals surface area contributed by atoms with Crippen molar-refractivity contribution in [3.63, 3.8) is 0 Å². The molecule has 0 aliphatic rings. The molecule has 2 aromatic rings. The van der Waals surface area contributed by atoms with Crippen LogP contribution in [0.25, 0.3) is 10.2 Å². The predicted molar refractivity (Wildman–Crippen MR) is 75.8 cm³/mol. The maximum absolute atomic E-state index is 5.48. The summed E-state index contributed by atoms with van der Waals surface area (Å²) in [5, 5.41) is 1.11. The molecular weight excluding hydrogens is 230 g/mol. The van der Waals surface area contributed by atoms with Crippen molar-refractivity contribution in [2.24, 2.45) is 5.73 Å². The highest BCUT2D eigenvalue weighted by atomic mass is 32.1. The Morgan fingerprint density at radius 2 is 2.06 bits per heavy atom. The van der Waals surface area contributed by atoms with E-state index in [0.717, 1.165) is 30.2 Å². The van der Waals surface area contributed by atoms with E-state index < -0.39 is 0 Å². The van der Waals surface area contributed by atoms with Gasteiger partial charge in [0, 0.05) is 13.6 Å². The van der Waals surface area contributed by atoms with Crippen molar-refractivity contribution >= 4 is 26.7 Å². The first-order chi connectivity index (χ1) is 8.31. The number of fused-ring (bicyclic) bond motifs is 1. The minimum atomic E-state index is 0.796. The number of anilines is 1. The Balaban J connectivity index is 1.96. The first-order valence-corrected chi connectivity index (χ1v) is 6.89. The summed E-state index contributed by atoms with van der Waals surface area (Å²) in [6.07, 6.45) is 3.50. The zero-order chi connectivity index (χ0) is 12.1. The van der Waals surface area contributed by atoms with Crippen LogP contribution in [0, 0.1) is 0 Å². The minimum Gasteiger partial charge on any atom is -0.351 e. The summed E-state index contributed by atoms with van der Waals surface area (Å²) in [7, 11) is 2.11. The Hall–Kier alpha value is -1.13. The average Bonchev–Trinajstić information content (AvgIpc) is 2.78. The van der Waals surface area contributed by atoms with Crippen molar-refractivity contribution in [1.82, 2.24) is 4.98 Å². The van der Waals surface area contributed by atoms with E-state index in [4.69, 9.17) is 5.73 Å². The molecule has 0 amide bonds. The molecule has 17 heavy (non-hydrogen) atoms. The summed E-state index contributed by atoms with van der Waals surface area (Å²) in [5.74, 6) is 0. The molecule has 0 aliphatic heterocycles. The predicted octanol–water partition coefficient (Wildman–Crippen LogP) is 2.86. The van der Waals surface area contributed by atoms with E-state index in [1.165, 1.54) is 17.5 Å². The van der Waals surface area contributed by atoms with E-state index in [-0.39, 0.29) is 0 Å². The third-order valence-electron chi connectivity index (χ3n) is 2.81. The molecule has 0 aliphatic carbocycles. The molecule has 1 aromatic heterocycles. The second-order valence-corrected chi connectivity index (χ2v) is 5.24. The molecule has 0 unspecified atom stereocenters. The van der Waals surface area contributed by atoms with Gasteiger partial charge in [-0.05, 0) is 31.5 Å². The van der Waals surface area contributed by atoms with Gasteiger partial charge in [-0.1, -0.05) is 29.9 Å². The van der Waals surface area contributed by atoms with Gasteiger partial charge in [0.1, 0.15) is 0 Å². The van der Waals surface area contributed by atoms with Crippen LogP contribution in [0.1, 0.15) is 19.3 Å². The Kier molecular flexibility index (Phi) is 4.34. The van der Waals surface area contributed by atoms with Crippen LogP contribution in [0.5, 0.6) is 0 Å². The number of thiazole rings is 1. The number of hydrogen-bond donors (Lipinski definition) is 1. The Morgan fingerprint density at radius 1 is 1.24 bits per heavy atom. The molecule has 2 rings (SSSR count). The molecule has 4 heteroatoms. The lowest BCUT2D eigenvalue weighted by Gasteiger charge is -2.14. The third-order valence-corrected chi connectivity index (χ3v) is 3.96. The monoisotopic (exact) mass is 249 g/mol. The summed E-state index contributed by atoms with van der Waals surface area (Å²) >= 11 is 1.76. The van der Waals surface area contributed by atoms with Gasteiger partial charge >= 0.3 is 0 Å². The molecule has 0 atom stereocenters. The topological polar surface area (TPSA) is 42.1 Å². The highest BCUT2D eigenvalue weighted by Gasteiger charge is 2.07. The Labute approximate surface area is 106 Å². The second kappa shape index (κ2) is 5.98. The SMILES string of the molecule is CN(CCCCCN)c1nc2ccccc2s1. The smallest absolute Gasteiger partial charge is 0.186 e. The second-order valence-electron chi connectivity index (χ2n) is 4.24. The summed E-state index contributed by atoms with van der Waals surface area (Å²) in [4.78, 5) is 6.87. The number of benzene rings is 1. The zero-order valence-corrected chi connectivity index (χ0v) is 11.0. The van der Waals surface area contributed by atoms with Crippen molar-refractivity contribution in [3.05, 3.63) is 24.3 Å². The van der Waals surface area contributed by atoms with E-state index in [9.17, 15) is 0 Å². The lowest BCUT2D eigenvalue weighted by Crippen LogP contribution is -2.18. The van der Waals surface area contributed by atoms with Crippen molar-refractivity contribution in [1.29, 1.82) is 0 Å². The fraction of sp³-hybridized carbons (Fsp3) is 0.462. The average molecular weight is 249 g/mol. The van der Waals surface area contributed by atoms with Crippen LogP contribution in [-0.2, 0) is 0 Å². The fourth-order valence-corrected chi connectivity index (χ4v) is 2.74. The van der Waals surface area contributed by atoms with Crippen LogP contribution in [0.15, 0.2) is 24.3 Å². The van der Waals surface area contributed by atoms with Crippen LogP contribution >= 0.6 is 11.3 Å². The highest BCUT2D eigenvalue weighted by Crippen LogP contribution is 2.27. The van der Waals surface area contributed by atoms with E-state index in [0.29, 0.717) is 0 Å². The number of aromatic nitrogens is 1. The van der Waals surface area contributed by atoms with E-state index in [2.05, 4.69) is 35.1 Å². The van der Waals surface area contributed by atoms with Gasteiger partial charge in [-0.2, -0.15) is 0 Å². The van der Waals surface area contributed by atoms with Gasteiger partial charge < -0.3 is 10.6 Å². The third kappa shape index (κ3) is 3.17. The van der Waals surface area contributed by atoms with Crippen molar-refractivity contribution in [3.8, 4) is 0 Å². The van der Waals surface area contributed by atoms with Crippen LogP contribution < -0.4 is 10.6 Å². The van der Waals surface area contributed by atoms with Crippen molar-refractivity contribution < 1.29 is 0 Å². The number of nitrogens with zero attached hydrogens (tertiary/aromatic N) is 2. The van der Waals surface area contributed by atoms with Gasteiger partial charge in [0.05, 0.1) is 10.2 Å². The number of para-hydroxylation sites is 1. The Morgan fingerprint density at radius 3 is 2.82 bits per heavy atom. The fourth-order valence-electron chi connectivity index (χ4n) is 1.79. The van der Waals surface area contributed by atoms with E-state index in [1.807, 2.05) is 6.07 Å². The maximum Gasteiger partial charge on any atom is 0.186 e.